The second-order valence-electron chi connectivity index (χ2n) is 7.48. The first-order valence-corrected chi connectivity index (χ1v) is 11.1. The molecule has 0 saturated heterocycles. The summed E-state index contributed by atoms with van der Waals surface area (Å²) in [6.07, 6.45) is 1.59. The van der Waals surface area contributed by atoms with Crippen molar-refractivity contribution in [2.24, 2.45) is 11.0 Å². The van der Waals surface area contributed by atoms with Crippen LogP contribution in [0.1, 0.15) is 25.1 Å². The number of nitrogens with one attached hydrogen (secondary N) is 1. The minimum atomic E-state index is -0.176. The summed E-state index contributed by atoms with van der Waals surface area (Å²) < 4.78 is 11.1. The highest BCUT2D eigenvalue weighted by molar-refractivity contribution is 8.00. The molecule has 7 heteroatoms. The van der Waals surface area contributed by atoms with Gasteiger partial charge in [-0.1, -0.05) is 32.0 Å². The van der Waals surface area contributed by atoms with Crippen LogP contribution in [0.4, 0.5) is 0 Å². The Morgan fingerprint density at radius 1 is 1.19 bits per heavy atom. The van der Waals surface area contributed by atoms with E-state index in [1.54, 1.807) is 13.3 Å². The second-order valence-corrected chi connectivity index (χ2v) is 8.49. The number of hydrogen-bond donors (Lipinski definition) is 1. The predicted molar refractivity (Wildman–Crippen MR) is 126 cm³/mol. The van der Waals surface area contributed by atoms with Crippen LogP contribution in [0.15, 0.2) is 58.5 Å². The number of nitrogens with zero attached hydrogens (tertiary/aromatic N) is 2. The first kappa shape index (κ1) is 22.6. The minimum absolute atomic E-state index is 0.176. The molecule has 6 nitrogen and oxygen atoms in total. The van der Waals surface area contributed by atoms with Crippen molar-refractivity contribution in [3.8, 4) is 11.5 Å². The third-order valence-corrected chi connectivity index (χ3v) is 5.38. The lowest BCUT2D eigenvalue weighted by molar-refractivity contribution is -0.118. The third kappa shape index (κ3) is 6.46. The van der Waals surface area contributed by atoms with Crippen LogP contribution in [-0.2, 0) is 4.79 Å². The number of carbonyl (C=O) groups excluding carboxylic acids is 1. The van der Waals surface area contributed by atoms with E-state index in [9.17, 15) is 4.79 Å². The summed E-state index contributed by atoms with van der Waals surface area (Å²) in [5, 5.41) is 5.12. The molecular weight excluding hydrogens is 410 g/mol. The number of ether oxygens (including phenoxy) is 2. The van der Waals surface area contributed by atoms with Gasteiger partial charge in [0.15, 0.2) is 11.5 Å². The van der Waals surface area contributed by atoms with Gasteiger partial charge in [-0.05, 0) is 48.7 Å². The van der Waals surface area contributed by atoms with Crippen LogP contribution < -0.4 is 14.9 Å². The SMILES string of the molecule is COc1ccc(/C=N/NC(=O)CSc2cc(C)nc3ccccc23)cc1OCC(C)C. The number of hydrogen-bond acceptors (Lipinski definition) is 6. The molecular formula is C24H27N3O3S. The standard InChI is InChI=1S/C24H27N3O3S/c1-16(2)14-30-22-12-18(9-10-21(22)29-4)13-25-27-24(28)15-31-23-11-17(3)26-20-8-6-5-7-19(20)23/h5-13,16H,14-15H2,1-4H3,(H,27,28)/b25-13+. The summed E-state index contributed by atoms with van der Waals surface area (Å²) in [5.74, 6) is 1.81. The lowest BCUT2D eigenvalue weighted by Gasteiger charge is -2.12. The van der Waals surface area contributed by atoms with E-state index in [4.69, 9.17) is 9.47 Å². The molecule has 2 aromatic carbocycles. The Kier molecular flexibility index (Phi) is 7.89. The van der Waals surface area contributed by atoms with Gasteiger partial charge in [0.05, 0.1) is 31.2 Å². The van der Waals surface area contributed by atoms with Crippen molar-refractivity contribution in [2.45, 2.75) is 25.7 Å². The highest BCUT2D eigenvalue weighted by Gasteiger charge is 2.08. The van der Waals surface area contributed by atoms with Gasteiger partial charge in [-0.15, -0.1) is 11.8 Å². The van der Waals surface area contributed by atoms with Gasteiger partial charge < -0.3 is 9.47 Å². The molecule has 0 unspecified atom stereocenters. The lowest BCUT2D eigenvalue weighted by atomic mass is 10.2. The van der Waals surface area contributed by atoms with Crippen molar-refractivity contribution in [1.29, 1.82) is 0 Å². The predicted octanol–water partition coefficient (Wildman–Crippen LogP) is 4.83. The third-order valence-electron chi connectivity index (χ3n) is 4.33. The molecule has 1 amide bonds. The summed E-state index contributed by atoms with van der Waals surface area (Å²) in [4.78, 5) is 17.8. The number of thioether (sulfide) groups is 1. The van der Waals surface area contributed by atoms with Crippen LogP contribution in [0.3, 0.4) is 0 Å². The zero-order valence-corrected chi connectivity index (χ0v) is 19.0. The molecule has 0 atom stereocenters. The van der Waals surface area contributed by atoms with E-state index in [1.165, 1.54) is 11.8 Å². The molecule has 3 aromatic rings. The van der Waals surface area contributed by atoms with Crippen molar-refractivity contribution in [3.05, 3.63) is 59.8 Å². The molecule has 0 spiro atoms. The Balaban J connectivity index is 1.59. The van der Waals surface area contributed by atoms with Crippen LogP contribution in [0.2, 0.25) is 0 Å². The normalized spacial score (nSPS) is 11.3. The van der Waals surface area contributed by atoms with Gasteiger partial charge in [0.2, 0.25) is 5.91 Å². The number of benzene rings is 2. The van der Waals surface area contributed by atoms with E-state index in [2.05, 4.69) is 29.4 Å². The van der Waals surface area contributed by atoms with Gasteiger partial charge in [-0.25, -0.2) is 5.43 Å². The van der Waals surface area contributed by atoms with E-state index in [1.807, 2.05) is 55.5 Å². The number of methoxy groups -OCH3 is 1. The number of amides is 1. The van der Waals surface area contributed by atoms with Crippen molar-refractivity contribution in [2.75, 3.05) is 19.5 Å². The number of aryl methyl sites for hydroxylation is 1. The van der Waals surface area contributed by atoms with E-state index in [0.717, 1.165) is 27.1 Å². The molecule has 1 N–H and O–H groups in total. The van der Waals surface area contributed by atoms with E-state index < -0.39 is 0 Å². The van der Waals surface area contributed by atoms with Gasteiger partial charge in [0.1, 0.15) is 0 Å². The Hall–Kier alpha value is -3.06. The van der Waals surface area contributed by atoms with E-state index >= 15 is 0 Å². The molecule has 0 aliphatic rings. The zero-order chi connectivity index (χ0) is 22.2. The largest absolute Gasteiger partial charge is 0.493 e. The zero-order valence-electron chi connectivity index (χ0n) is 18.2. The van der Waals surface area contributed by atoms with Crippen LogP contribution in [-0.4, -0.2) is 36.6 Å². The highest BCUT2D eigenvalue weighted by Crippen LogP contribution is 2.29. The molecule has 0 fully saturated rings. The van der Waals surface area contributed by atoms with E-state index in [0.29, 0.717) is 24.0 Å². The number of hydrazone groups is 1. The Morgan fingerprint density at radius 2 is 2.00 bits per heavy atom. The van der Waals surface area contributed by atoms with Crippen molar-refractivity contribution in [3.63, 3.8) is 0 Å². The van der Waals surface area contributed by atoms with Crippen LogP contribution in [0.5, 0.6) is 11.5 Å². The fourth-order valence-electron chi connectivity index (χ4n) is 2.89. The summed E-state index contributed by atoms with van der Waals surface area (Å²) in [5.41, 5.74) is 5.25. The van der Waals surface area contributed by atoms with Crippen molar-refractivity contribution in [1.82, 2.24) is 10.4 Å². The number of carbonyl (C=O) groups is 1. The van der Waals surface area contributed by atoms with Crippen LogP contribution >= 0.6 is 11.8 Å². The Morgan fingerprint density at radius 3 is 2.77 bits per heavy atom. The quantitative estimate of drug-likeness (QED) is 0.295. The minimum Gasteiger partial charge on any atom is -0.493 e. The second kappa shape index (κ2) is 10.8. The molecule has 0 radical (unpaired) electrons. The summed E-state index contributed by atoms with van der Waals surface area (Å²) in [6, 6.07) is 15.5. The fourth-order valence-corrected chi connectivity index (χ4v) is 3.82. The smallest absolute Gasteiger partial charge is 0.250 e. The first-order valence-electron chi connectivity index (χ1n) is 10.1. The fraction of sp³-hybridized carbons (Fsp3) is 0.292. The molecule has 0 bridgehead atoms. The Labute approximate surface area is 187 Å². The van der Waals surface area contributed by atoms with Crippen molar-refractivity contribution >= 4 is 34.8 Å². The van der Waals surface area contributed by atoms with Gasteiger partial charge in [-0.2, -0.15) is 5.10 Å². The average Bonchev–Trinajstić information content (AvgIpc) is 2.76. The summed E-state index contributed by atoms with van der Waals surface area (Å²) in [7, 11) is 1.61. The molecule has 3 rings (SSSR count). The lowest BCUT2D eigenvalue weighted by Crippen LogP contribution is -2.19. The van der Waals surface area contributed by atoms with Crippen molar-refractivity contribution < 1.29 is 14.3 Å². The number of fused-ring (bicyclic) bond motifs is 1. The van der Waals surface area contributed by atoms with Gasteiger partial charge in [0.25, 0.3) is 0 Å². The number of pyridine rings is 1. The van der Waals surface area contributed by atoms with Crippen LogP contribution in [0.25, 0.3) is 10.9 Å². The van der Waals surface area contributed by atoms with Gasteiger partial charge in [-0.3, -0.25) is 9.78 Å². The van der Waals surface area contributed by atoms with E-state index in [-0.39, 0.29) is 11.7 Å². The molecule has 162 valence electrons. The monoisotopic (exact) mass is 437 g/mol. The molecule has 1 aromatic heterocycles. The van der Waals surface area contributed by atoms with Crippen LogP contribution in [0, 0.1) is 12.8 Å². The topological polar surface area (TPSA) is 72.8 Å². The first-order chi connectivity index (χ1) is 15.0. The Bertz CT molecular complexity index is 1080. The molecule has 0 aliphatic heterocycles. The maximum atomic E-state index is 12.3. The number of aromatic nitrogens is 1. The average molecular weight is 438 g/mol. The molecule has 31 heavy (non-hydrogen) atoms. The maximum absolute atomic E-state index is 12.3. The number of para-hydroxylation sites is 1. The number of rotatable bonds is 9. The molecule has 0 saturated carbocycles. The maximum Gasteiger partial charge on any atom is 0.250 e. The molecule has 0 aliphatic carbocycles. The summed E-state index contributed by atoms with van der Waals surface area (Å²) in [6.45, 7) is 6.71. The van der Waals surface area contributed by atoms with Gasteiger partial charge in [0, 0.05) is 16.0 Å². The molecule has 1 heterocycles. The van der Waals surface area contributed by atoms with Gasteiger partial charge >= 0.3 is 0 Å². The highest BCUT2D eigenvalue weighted by atomic mass is 32.2. The summed E-state index contributed by atoms with van der Waals surface area (Å²) >= 11 is 1.47.